The van der Waals surface area contributed by atoms with E-state index in [4.69, 9.17) is 14.2 Å². The van der Waals surface area contributed by atoms with Gasteiger partial charge in [-0.3, -0.25) is 19.5 Å². The highest BCUT2D eigenvalue weighted by molar-refractivity contribution is 5.79. The zero-order chi connectivity index (χ0) is 25.6. The lowest BCUT2D eigenvalue weighted by atomic mass is 9.96. The topological polar surface area (TPSA) is 82.4 Å². The van der Waals surface area contributed by atoms with Crippen LogP contribution < -0.4 is 15.0 Å². The third-order valence-corrected chi connectivity index (χ3v) is 5.17. The number of benzene rings is 1. The summed E-state index contributed by atoms with van der Waals surface area (Å²) in [4.78, 5) is 30.4. The van der Waals surface area contributed by atoms with Crippen LogP contribution in [0.3, 0.4) is 0 Å². The standard InChI is InChI=1S/C26H35N3O5/c1-17-19(10-11-27-5)20(15-29(7)25(17)31)18-12-22(32-8)21(23(13-18)33-9)14-28(6)16-24(30)34-26(2,3)4/h10-13,15H,5,14,16H2,1-4,6-9H3/b11-10-. The summed E-state index contributed by atoms with van der Waals surface area (Å²) in [6.45, 7) is 11.3. The number of aromatic nitrogens is 1. The number of aliphatic imine (C=N–C) groups is 1. The van der Waals surface area contributed by atoms with Crippen LogP contribution in [0.15, 0.2) is 34.3 Å². The lowest BCUT2D eigenvalue weighted by molar-refractivity contribution is -0.155. The maximum absolute atomic E-state index is 12.5. The first-order chi connectivity index (χ1) is 15.9. The molecule has 0 saturated carbocycles. The van der Waals surface area contributed by atoms with E-state index in [1.54, 1.807) is 51.2 Å². The summed E-state index contributed by atoms with van der Waals surface area (Å²) < 4.78 is 18.4. The highest BCUT2D eigenvalue weighted by Gasteiger charge is 2.21. The number of ether oxygens (including phenoxy) is 3. The first kappa shape index (κ1) is 26.9. The molecule has 0 aliphatic carbocycles. The molecule has 1 heterocycles. The molecule has 1 aromatic carbocycles. The van der Waals surface area contributed by atoms with Gasteiger partial charge in [0.2, 0.25) is 0 Å². The van der Waals surface area contributed by atoms with Gasteiger partial charge in [0.1, 0.15) is 17.1 Å². The Kier molecular flexibility index (Phi) is 8.81. The van der Waals surface area contributed by atoms with Crippen LogP contribution in [0.1, 0.15) is 37.5 Å². The highest BCUT2D eigenvalue weighted by atomic mass is 16.6. The number of rotatable bonds is 9. The Hall–Kier alpha value is -3.39. The van der Waals surface area contributed by atoms with Crippen LogP contribution in [0.4, 0.5) is 0 Å². The SMILES string of the molecule is C=N/C=C\c1c(-c2cc(OC)c(CN(C)CC(=O)OC(C)(C)C)c(OC)c2)cn(C)c(=O)c1C. The molecule has 0 amide bonds. The minimum Gasteiger partial charge on any atom is -0.496 e. The van der Waals surface area contributed by atoms with Crippen LogP contribution in [0.5, 0.6) is 11.5 Å². The number of hydrogen-bond acceptors (Lipinski definition) is 7. The second-order valence-electron chi connectivity index (χ2n) is 9.11. The molecule has 0 N–H and O–H groups in total. The Morgan fingerprint density at radius 2 is 1.79 bits per heavy atom. The zero-order valence-electron chi connectivity index (χ0n) is 21.4. The first-order valence-corrected chi connectivity index (χ1v) is 10.9. The average Bonchev–Trinajstić information content (AvgIpc) is 2.75. The quantitative estimate of drug-likeness (QED) is 0.410. The van der Waals surface area contributed by atoms with Gasteiger partial charge in [0, 0.05) is 37.1 Å². The van der Waals surface area contributed by atoms with Crippen molar-refractivity contribution in [3.05, 3.63) is 51.6 Å². The summed E-state index contributed by atoms with van der Waals surface area (Å²) >= 11 is 0. The van der Waals surface area contributed by atoms with Gasteiger partial charge < -0.3 is 18.8 Å². The van der Waals surface area contributed by atoms with Crippen molar-refractivity contribution in [1.82, 2.24) is 9.47 Å². The number of nitrogens with zero attached hydrogens (tertiary/aromatic N) is 3. The summed E-state index contributed by atoms with van der Waals surface area (Å²) in [6, 6.07) is 3.80. The van der Waals surface area contributed by atoms with Gasteiger partial charge >= 0.3 is 5.97 Å². The molecule has 8 heteroatoms. The minimum atomic E-state index is -0.546. The lowest BCUT2D eigenvalue weighted by Gasteiger charge is -2.24. The summed E-state index contributed by atoms with van der Waals surface area (Å²) in [5.74, 6) is 0.903. The number of methoxy groups -OCH3 is 2. The van der Waals surface area contributed by atoms with Crippen molar-refractivity contribution in [2.75, 3.05) is 27.8 Å². The van der Waals surface area contributed by atoms with Crippen LogP contribution in [0.25, 0.3) is 17.2 Å². The molecule has 0 unspecified atom stereocenters. The Labute approximate surface area is 201 Å². The maximum atomic E-state index is 12.5. The van der Waals surface area contributed by atoms with Crippen LogP contribution in [-0.4, -0.2) is 55.6 Å². The minimum absolute atomic E-state index is 0.0909. The molecule has 1 aromatic heterocycles. The molecule has 0 aliphatic heterocycles. The first-order valence-electron chi connectivity index (χ1n) is 10.9. The molecular weight excluding hydrogens is 434 g/mol. The van der Waals surface area contributed by atoms with E-state index in [1.165, 1.54) is 0 Å². The van der Waals surface area contributed by atoms with E-state index in [9.17, 15) is 9.59 Å². The Balaban J connectivity index is 2.53. The van der Waals surface area contributed by atoms with Crippen molar-refractivity contribution >= 4 is 18.8 Å². The van der Waals surface area contributed by atoms with Crippen molar-refractivity contribution in [2.24, 2.45) is 12.0 Å². The molecule has 0 spiro atoms. The molecule has 0 atom stereocenters. The van der Waals surface area contributed by atoms with Gasteiger partial charge in [0.05, 0.1) is 26.3 Å². The van der Waals surface area contributed by atoms with Crippen molar-refractivity contribution in [1.29, 1.82) is 0 Å². The van der Waals surface area contributed by atoms with Crippen molar-refractivity contribution < 1.29 is 19.0 Å². The number of pyridine rings is 1. The number of aryl methyl sites for hydroxylation is 1. The normalized spacial score (nSPS) is 11.7. The van der Waals surface area contributed by atoms with E-state index in [-0.39, 0.29) is 18.1 Å². The van der Waals surface area contributed by atoms with E-state index in [2.05, 4.69) is 11.7 Å². The highest BCUT2D eigenvalue weighted by Crippen LogP contribution is 2.37. The molecule has 0 bridgehead atoms. The second kappa shape index (κ2) is 11.2. The fourth-order valence-electron chi connectivity index (χ4n) is 3.69. The molecule has 0 saturated heterocycles. The predicted octanol–water partition coefficient (Wildman–Crippen LogP) is 3.82. The molecule has 2 rings (SSSR count). The largest absolute Gasteiger partial charge is 0.496 e. The summed E-state index contributed by atoms with van der Waals surface area (Å²) in [5, 5.41) is 0. The predicted molar refractivity (Wildman–Crippen MR) is 136 cm³/mol. The van der Waals surface area contributed by atoms with Gasteiger partial charge in [-0.1, -0.05) is 0 Å². The van der Waals surface area contributed by atoms with Gasteiger partial charge in [-0.2, -0.15) is 0 Å². The molecule has 0 fully saturated rings. The van der Waals surface area contributed by atoms with Gasteiger partial charge in [-0.25, -0.2) is 0 Å². The van der Waals surface area contributed by atoms with Crippen LogP contribution in [0, 0.1) is 6.92 Å². The Morgan fingerprint density at radius 3 is 2.29 bits per heavy atom. The number of carbonyl (C=O) groups is 1. The molecule has 0 radical (unpaired) electrons. The smallest absolute Gasteiger partial charge is 0.320 e. The summed E-state index contributed by atoms with van der Waals surface area (Å²) in [6.07, 6.45) is 5.10. The number of hydrogen-bond donors (Lipinski definition) is 0. The summed E-state index contributed by atoms with van der Waals surface area (Å²) in [7, 11) is 6.72. The number of likely N-dealkylation sites (N-methyl/N-ethyl adjacent to an activating group) is 1. The monoisotopic (exact) mass is 469 g/mol. The lowest BCUT2D eigenvalue weighted by Crippen LogP contribution is -2.32. The Bertz CT molecular complexity index is 1120. The third kappa shape index (κ3) is 6.57. The van der Waals surface area contributed by atoms with E-state index in [1.807, 2.05) is 44.9 Å². The van der Waals surface area contributed by atoms with Gasteiger partial charge in [-0.15, -0.1) is 0 Å². The molecule has 0 aliphatic rings. The van der Waals surface area contributed by atoms with Gasteiger partial charge in [-0.05, 0) is 70.8 Å². The van der Waals surface area contributed by atoms with E-state index in [0.29, 0.717) is 23.6 Å². The van der Waals surface area contributed by atoms with Gasteiger partial charge in [0.15, 0.2) is 0 Å². The van der Waals surface area contributed by atoms with E-state index in [0.717, 1.165) is 22.3 Å². The average molecular weight is 470 g/mol. The fourth-order valence-corrected chi connectivity index (χ4v) is 3.69. The number of esters is 1. The van der Waals surface area contributed by atoms with Crippen LogP contribution in [-0.2, 0) is 23.1 Å². The maximum Gasteiger partial charge on any atom is 0.320 e. The fraction of sp³-hybridized carbons (Fsp3) is 0.423. The van der Waals surface area contributed by atoms with Crippen molar-refractivity contribution in [3.63, 3.8) is 0 Å². The number of carbonyl (C=O) groups excluding carboxylic acids is 1. The molecular formula is C26H35N3O5. The van der Waals surface area contributed by atoms with Crippen LogP contribution in [0.2, 0.25) is 0 Å². The molecule has 184 valence electrons. The third-order valence-electron chi connectivity index (χ3n) is 5.17. The van der Waals surface area contributed by atoms with E-state index < -0.39 is 5.60 Å². The van der Waals surface area contributed by atoms with Gasteiger partial charge in [0.25, 0.3) is 5.56 Å². The van der Waals surface area contributed by atoms with Crippen molar-refractivity contribution in [3.8, 4) is 22.6 Å². The summed E-state index contributed by atoms with van der Waals surface area (Å²) in [5.41, 5.74) is 3.14. The van der Waals surface area contributed by atoms with E-state index >= 15 is 0 Å². The zero-order valence-corrected chi connectivity index (χ0v) is 21.4. The van der Waals surface area contributed by atoms with Crippen LogP contribution >= 0.6 is 0 Å². The Morgan fingerprint density at radius 1 is 1.21 bits per heavy atom. The molecule has 2 aromatic rings. The molecule has 34 heavy (non-hydrogen) atoms. The molecule has 8 nitrogen and oxygen atoms in total. The van der Waals surface area contributed by atoms with Crippen molar-refractivity contribution in [2.45, 2.75) is 39.8 Å². The second-order valence-corrected chi connectivity index (χ2v) is 9.11.